The van der Waals surface area contributed by atoms with E-state index in [1.807, 2.05) is 0 Å². The van der Waals surface area contributed by atoms with Crippen LogP contribution >= 0.6 is 0 Å². The maximum atomic E-state index is 3.47. The van der Waals surface area contributed by atoms with E-state index in [4.69, 9.17) is 0 Å². The molecule has 1 aromatic rings. The first kappa shape index (κ1) is 12.2. The minimum Gasteiger partial charge on any atom is -0.317 e. The van der Waals surface area contributed by atoms with Gasteiger partial charge in [-0.25, -0.2) is 0 Å². The summed E-state index contributed by atoms with van der Waals surface area (Å²) in [6.07, 6.45) is 3.85. The lowest BCUT2D eigenvalue weighted by Gasteiger charge is -2.32. The topological polar surface area (TPSA) is 15.3 Å². The van der Waals surface area contributed by atoms with Crippen molar-refractivity contribution < 1.29 is 0 Å². The van der Waals surface area contributed by atoms with Crippen molar-refractivity contribution >= 4 is 0 Å². The van der Waals surface area contributed by atoms with Crippen molar-refractivity contribution in [3.8, 4) is 0 Å². The number of piperidine rings is 1. The summed E-state index contributed by atoms with van der Waals surface area (Å²) in [5, 5.41) is 3.47. The zero-order chi connectivity index (χ0) is 12.4. The first-order valence-corrected chi connectivity index (χ1v) is 7.42. The molecule has 1 fully saturated rings. The van der Waals surface area contributed by atoms with Crippen LogP contribution in [-0.4, -0.2) is 31.1 Å². The summed E-state index contributed by atoms with van der Waals surface area (Å²) >= 11 is 0. The molecular weight excluding hydrogens is 220 g/mol. The SMILES string of the molecule is CCN1CCc2cccc(C3CCNCC3)c2C1. The molecule has 2 heterocycles. The third kappa shape index (κ3) is 2.32. The van der Waals surface area contributed by atoms with Gasteiger partial charge in [0.25, 0.3) is 0 Å². The molecule has 0 saturated carbocycles. The quantitative estimate of drug-likeness (QED) is 0.860. The number of nitrogens with zero attached hydrogens (tertiary/aromatic N) is 1. The summed E-state index contributed by atoms with van der Waals surface area (Å²) in [5.41, 5.74) is 4.90. The number of fused-ring (bicyclic) bond motifs is 1. The van der Waals surface area contributed by atoms with E-state index in [1.165, 1.54) is 52.0 Å². The van der Waals surface area contributed by atoms with Gasteiger partial charge in [-0.3, -0.25) is 4.90 Å². The van der Waals surface area contributed by atoms with Crippen molar-refractivity contribution in [2.24, 2.45) is 0 Å². The van der Waals surface area contributed by atoms with E-state index >= 15 is 0 Å². The van der Waals surface area contributed by atoms with Crippen molar-refractivity contribution in [3.63, 3.8) is 0 Å². The van der Waals surface area contributed by atoms with E-state index in [1.54, 1.807) is 16.7 Å². The molecule has 0 spiro atoms. The Morgan fingerprint density at radius 3 is 2.89 bits per heavy atom. The molecule has 0 amide bonds. The van der Waals surface area contributed by atoms with Crippen molar-refractivity contribution in [3.05, 3.63) is 34.9 Å². The van der Waals surface area contributed by atoms with Crippen molar-refractivity contribution in [2.75, 3.05) is 26.2 Å². The molecule has 0 radical (unpaired) electrons. The van der Waals surface area contributed by atoms with Crippen molar-refractivity contribution in [2.45, 2.75) is 38.6 Å². The van der Waals surface area contributed by atoms with Crippen molar-refractivity contribution in [1.82, 2.24) is 10.2 Å². The van der Waals surface area contributed by atoms with Crippen LogP contribution in [0.3, 0.4) is 0 Å². The van der Waals surface area contributed by atoms with Gasteiger partial charge in [-0.15, -0.1) is 0 Å². The monoisotopic (exact) mass is 244 g/mol. The average molecular weight is 244 g/mol. The fraction of sp³-hybridized carbons (Fsp3) is 0.625. The van der Waals surface area contributed by atoms with Crippen LogP contribution in [0.5, 0.6) is 0 Å². The third-order valence-electron chi connectivity index (χ3n) is 4.61. The van der Waals surface area contributed by atoms with Crippen LogP contribution in [0.2, 0.25) is 0 Å². The minimum absolute atomic E-state index is 0.790. The van der Waals surface area contributed by atoms with E-state index in [-0.39, 0.29) is 0 Å². The average Bonchev–Trinajstić information content (AvgIpc) is 2.47. The highest BCUT2D eigenvalue weighted by Gasteiger charge is 2.23. The summed E-state index contributed by atoms with van der Waals surface area (Å²) in [7, 11) is 0. The Balaban J connectivity index is 1.90. The molecule has 2 nitrogen and oxygen atoms in total. The highest BCUT2D eigenvalue weighted by atomic mass is 15.1. The number of nitrogens with one attached hydrogen (secondary N) is 1. The molecule has 0 unspecified atom stereocenters. The molecule has 0 bridgehead atoms. The van der Waals surface area contributed by atoms with Gasteiger partial charge in [0.05, 0.1) is 0 Å². The Morgan fingerprint density at radius 2 is 2.11 bits per heavy atom. The van der Waals surface area contributed by atoms with E-state index in [0.29, 0.717) is 0 Å². The molecule has 0 atom stereocenters. The van der Waals surface area contributed by atoms with E-state index in [9.17, 15) is 0 Å². The van der Waals surface area contributed by atoms with Gasteiger partial charge in [-0.2, -0.15) is 0 Å². The second kappa shape index (κ2) is 5.41. The lowest BCUT2D eigenvalue weighted by molar-refractivity contribution is 0.265. The largest absolute Gasteiger partial charge is 0.317 e. The Hall–Kier alpha value is -0.860. The Morgan fingerprint density at radius 1 is 1.28 bits per heavy atom. The Bertz CT molecular complexity index is 408. The predicted octanol–water partition coefficient (Wildman–Crippen LogP) is 2.53. The van der Waals surface area contributed by atoms with Gasteiger partial charge < -0.3 is 5.32 Å². The Labute approximate surface area is 110 Å². The predicted molar refractivity (Wildman–Crippen MR) is 75.9 cm³/mol. The molecule has 0 aliphatic carbocycles. The lowest BCUT2D eigenvalue weighted by atomic mass is 9.83. The molecule has 2 aliphatic heterocycles. The molecular formula is C16H24N2. The normalized spacial score (nSPS) is 21.8. The van der Waals surface area contributed by atoms with Crippen LogP contribution in [-0.2, 0) is 13.0 Å². The molecule has 0 aromatic heterocycles. The zero-order valence-electron chi connectivity index (χ0n) is 11.4. The second-order valence-electron chi connectivity index (χ2n) is 5.63. The highest BCUT2D eigenvalue weighted by Crippen LogP contribution is 2.32. The number of hydrogen-bond donors (Lipinski definition) is 1. The molecule has 1 N–H and O–H groups in total. The third-order valence-corrected chi connectivity index (χ3v) is 4.61. The van der Waals surface area contributed by atoms with Gasteiger partial charge in [0.2, 0.25) is 0 Å². The fourth-order valence-electron chi connectivity index (χ4n) is 3.45. The summed E-state index contributed by atoms with van der Waals surface area (Å²) in [6.45, 7) is 8.24. The van der Waals surface area contributed by atoms with Crippen molar-refractivity contribution in [1.29, 1.82) is 0 Å². The van der Waals surface area contributed by atoms with Gasteiger partial charge in [-0.1, -0.05) is 25.1 Å². The van der Waals surface area contributed by atoms with Crippen LogP contribution in [0.1, 0.15) is 42.4 Å². The van der Waals surface area contributed by atoms with Gasteiger partial charge in [0.1, 0.15) is 0 Å². The summed E-state index contributed by atoms with van der Waals surface area (Å²) in [5.74, 6) is 0.790. The minimum atomic E-state index is 0.790. The first-order chi connectivity index (χ1) is 8.88. The molecule has 98 valence electrons. The van der Waals surface area contributed by atoms with E-state index < -0.39 is 0 Å². The van der Waals surface area contributed by atoms with E-state index in [0.717, 1.165) is 5.92 Å². The molecule has 1 aromatic carbocycles. The van der Waals surface area contributed by atoms with Gasteiger partial charge in [-0.05, 0) is 61.5 Å². The van der Waals surface area contributed by atoms with E-state index in [2.05, 4.69) is 35.3 Å². The number of rotatable bonds is 2. The number of likely N-dealkylation sites (N-methyl/N-ethyl adjacent to an activating group) is 1. The van der Waals surface area contributed by atoms with Crippen LogP contribution in [0.15, 0.2) is 18.2 Å². The van der Waals surface area contributed by atoms with Crippen LogP contribution in [0.25, 0.3) is 0 Å². The standard InChI is InChI=1S/C16H24N2/c1-2-18-11-8-13-4-3-5-15(16(13)12-18)14-6-9-17-10-7-14/h3-5,14,17H,2,6-12H2,1H3. The van der Waals surface area contributed by atoms with Crippen LogP contribution < -0.4 is 5.32 Å². The molecule has 18 heavy (non-hydrogen) atoms. The summed E-state index contributed by atoms with van der Waals surface area (Å²) < 4.78 is 0. The first-order valence-electron chi connectivity index (χ1n) is 7.42. The fourth-order valence-corrected chi connectivity index (χ4v) is 3.45. The maximum absolute atomic E-state index is 3.47. The van der Waals surface area contributed by atoms with Crippen LogP contribution in [0, 0.1) is 0 Å². The smallest absolute Gasteiger partial charge is 0.0239 e. The lowest BCUT2D eigenvalue weighted by Crippen LogP contribution is -2.32. The summed E-state index contributed by atoms with van der Waals surface area (Å²) in [6, 6.07) is 7.00. The molecule has 2 aliphatic rings. The zero-order valence-corrected chi connectivity index (χ0v) is 11.4. The van der Waals surface area contributed by atoms with Gasteiger partial charge >= 0.3 is 0 Å². The molecule has 3 rings (SSSR count). The van der Waals surface area contributed by atoms with Gasteiger partial charge in [0.15, 0.2) is 0 Å². The number of hydrogen-bond acceptors (Lipinski definition) is 2. The number of benzene rings is 1. The Kier molecular flexibility index (Phi) is 3.67. The molecule has 1 saturated heterocycles. The molecule has 2 heteroatoms. The summed E-state index contributed by atoms with van der Waals surface area (Å²) in [4.78, 5) is 2.58. The second-order valence-corrected chi connectivity index (χ2v) is 5.63. The maximum Gasteiger partial charge on any atom is 0.0239 e. The van der Waals surface area contributed by atoms with Gasteiger partial charge in [0, 0.05) is 13.1 Å². The highest BCUT2D eigenvalue weighted by molar-refractivity contribution is 5.39. The van der Waals surface area contributed by atoms with Crippen LogP contribution in [0.4, 0.5) is 0 Å².